The number of fused-ring (bicyclic) bond motifs is 1. The molecule has 0 aliphatic heterocycles. The van der Waals surface area contributed by atoms with Gasteiger partial charge in [-0.25, -0.2) is 4.98 Å². The first kappa shape index (κ1) is 12.1. The van der Waals surface area contributed by atoms with Crippen molar-refractivity contribution >= 4 is 28.5 Å². The van der Waals surface area contributed by atoms with Crippen molar-refractivity contribution in [2.45, 2.75) is 17.6 Å². The maximum atomic E-state index is 5.76. The van der Waals surface area contributed by atoms with E-state index < -0.39 is 0 Å². The predicted molar refractivity (Wildman–Crippen MR) is 81.2 cm³/mol. The Balaban J connectivity index is 1.78. The standard InChI is InChI=1S/C15H15N3S/c1-10-8-11(16)6-7-14(10)19-9-15-17-12-4-2-3-5-13(12)18-15/h2-8H,9,16H2,1H3,(H,17,18). The molecule has 1 heterocycles. The van der Waals surface area contributed by atoms with Crippen LogP contribution in [0.1, 0.15) is 11.4 Å². The van der Waals surface area contributed by atoms with Gasteiger partial charge >= 0.3 is 0 Å². The van der Waals surface area contributed by atoms with E-state index in [2.05, 4.69) is 23.0 Å². The van der Waals surface area contributed by atoms with Crippen LogP contribution < -0.4 is 5.73 Å². The van der Waals surface area contributed by atoms with Gasteiger partial charge < -0.3 is 10.7 Å². The van der Waals surface area contributed by atoms with Crippen molar-refractivity contribution in [1.29, 1.82) is 0 Å². The molecular weight excluding hydrogens is 254 g/mol. The average Bonchev–Trinajstić information content (AvgIpc) is 2.80. The number of rotatable bonds is 3. The summed E-state index contributed by atoms with van der Waals surface area (Å²) in [6.07, 6.45) is 0. The quantitative estimate of drug-likeness (QED) is 0.562. The van der Waals surface area contributed by atoms with Crippen molar-refractivity contribution in [2.75, 3.05) is 5.73 Å². The molecule has 0 spiro atoms. The Kier molecular flexibility index (Phi) is 3.17. The molecule has 0 aliphatic carbocycles. The van der Waals surface area contributed by atoms with Gasteiger partial charge in [0.2, 0.25) is 0 Å². The van der Waals surface area contributed by atoms with Gasteiger partial charge in [0, 0.05) is 10.6 Å². The van der Waals surface area contributed by atoms with E-state index >= 15 is 0 Å². The number of nitrogens with one attached hydrogen (secondary N) is 1. The normalized spacial score (nSPS) is 11.0. The van der Waals surface area contributed by atoms with Gasteiger partial charge in [-0.2, -0.15) is 0 Å². The van der Waals surface area contributed by atoms with Crippen molar-refractivity contribution < 1.29 is 0 Å². The number of benzene rings is 2. The fraction of sp³-hybridized carbons (Fsp3) is 0.133. The Hall–Kier alpha value is -1.94. The summed E-state index contributed by atoms with van der Waals surface area (Å²) in [5.74, 6) is 1.84. The van der Waals surface area contributed by atoms with Crippen molar-refractivity contribution in [1.82, 2.24) is 9.97 Å². The molecule has 4 heteroatoms. The SMILES string of the molecule is Cc1cc(N)ccc1SCc1nc2ccccc2[nH]1. The summed E-state index contributed by atoms with van der Waals surface area (Å²) >= 11 is 1.77. The molecule has 3 aromatic rings. The van der Waals surface area contributed by atoms with E-state index in [1.54, 1.807) is 11.8 Å². The zero-order chi connectivity index (χ0) is 13.2. The van der Waals surface area contributed by atoms with Crippen LogP contribution in [0.4, 0.5) is 5.69 Å². The van der Waals surface area contributed by atoms with Crippen LogP contribution in [0.2, 0.25) is 0 Å². The molecule has 3 rings (SSSR count). The number of para-hydroxylation sites is 2. The highest BCUT2D eigenvalue weighted by Crippen LogP contribution is 2.27. The van der Waals surface area contributed by atoms with Crippen LogP contribution in [0.15, 0.2) is 47.4 Å². The highest BCUT2D eigenvalue weighted by molar-refractivity contribution is 7.98. The zero-order valence-corrected chi connectivity index (χ0v) is 11.5. The van der Waals surface area contributed by atoms with Gasteiger partial charge in [0.1, 0.15) is 5.82 Å². The van der Waals surface area contributed by atoms with Crippen LogP contribution in [0.3, 0.4) is 0 Å². The van der Waals surface area contributed by atoms with Crippen molar-refractivity contribution in [3.05, 3.63) is 53.9 Å². The lowest BCUT2D eigenvalue weighted by Crippen LogP contribution is -1.88. The molecule has 0 atom stereocenters. The van der Waals surface area contributed by atoms with E-state index in [9.17, 15) is 0 Å². The van der Waals surface area contributed by atoms with Crippen molar-refractivity contribution in [3.63, 3.8) is 0 Å². The molecule has 96 valence electrons. The van der Waals surface area contributed by atoms with Crippen LogP contribution >= 0.6 is 11.8 Å². The number of nitrogen functional groups attached to an aromatic ring is 1. The second-order valence-corrected chi connectivity index (χ2v) is 5.53. The molecule has 0 saturated carbocycles. The van der Waals surface area contributed by atoms with Gasteiger partial charge in [-0.1, -0.05) is 12.1 Å². The lowest BCUT2D eigenvalue weighted by Gasteiger charge is -2.04. The Morgan fingerprint density at radius 1 is 1.21 bits per heavy atom. The highest BCUT2D eigenvalue weighted by Gasteiger charge is 2.04. The van der Waals surface area contributed by atoms with E-state index in [1.165, 1.54) is 10.5 Å². The van der Waals surface area contributed by atoms with Crippen molar-refractivity contribution in [2.24, 2.45) is 0 Å². The average molecular weight is 269 g/mol. The fourth-order valence-corrected chi connectivity index (χ4v) is 2.93. The molecule has 0 saturated heterocycles. The fourth-order valence-electron chi connectivity index (χ4n) is 2.05. The molecule has 0 amide bonds. The summed E-state index contributed by atoms with van der Waals surface area (Å²) in [4.78, 5) is 9.16. The topological polar surface area (TPSA) is 54.7 Å². The second-order valence-electron chi connectivity index (χ2n) is 4.51. The van der Waals surface area contributed by atoms with Gasteiger partial charge in [0.15, 0.2) is 0 Å². The number of hydrogen-bond donors (Lipinski definition) is 2. The number of hydrogen-bond acceptors (Lipinski definition) is 3. The number of aromatic nitrogens is 2. The van der Waals surface area contributed by atoms with E-state index in [1.807, 2.05) is 36.4 Å². The number of anilines is 1. The van der Waals surface area contributed by atoms with Crippen molar-refractivity contribution in [3.8, 4) is 0 Å². The first-order valence-electron chi connectivity index (χ1n) is 6.15. The van der Waals surface area contributed by atoms with Gasteiger partial charge in [-0.05, 0) is 42.8 Å². The first-order valence-corrected chi connectivity index (χ1v) is 7.13. The predicted octanol–water partition coefficient (Wildman–Crippen LogP) is 3.75. The smallest absolute Gasteiger partial charge is 0.117 e. The summed E-state index contributed by atoms with van der Waals surface area (Å²) in [6.45, 7) is 2.08. The zero-order valence-electron chi connectivity index (χ0n) is 10.7. The summed E-state index contributed by atoms with van der Waals surface area (Å²) < 4.78 is 0. The third-order valence-corrected chi connectivity index (χ3v) is 4.19. The second kappa shape index (κ2) is 4.97. The molecule has 1 aromatic heterocycles. The van der Waals surface area contributed by atoms with Crippen LogP contribution in [0.5, 0.6) is 0 Å². The van der Waals surface area contributed by atoms with E-state index in [0.717, 1.165) is 28.3 Å². The van der Waals surface area contributed by atoms with Gasteiger partial charge in [-0.15, -0.1) is 11.8 Å². The number of aromatic amines is 1. The number of H-pyrrole nitrogens is 1. The molecule has 3 nitrogen and oxygen atoms in total. The van der Waals surface area contributed by atoms with Crippen LogP contribution in [0, 0.1) is 6.92 Å². The first-order chi connectivity index (χ1) is 9.22. The minimum atomic E-state index is 0.811. The molecule has 0 unspecified atom stereocenters. The Labute approximate surface area is 116 Å². The molecule has 19 heavy (non-hydrogen) atoms. The van der Waals surface area contributed by atoms with E-state index in [0.29, 0.717) is 0 Å². The summed E-state index contributed by atoms with van der Waals surface area (Å²) in [5.41, 5.74) is 9.89. The number of nitrogens with two attached hydrogens (primary N) is 1. The number of aryl methyl sites for hydroxylation is 1. The maximum Gasteiger partial charge on any atom is 0.117 e. The molecule has 0 bridgehead atoms. The number of nitrogens with zero attached hydrogens (tertiary/aromatic N) is 1. The minimum Gasteiger partial charge on any atom is -0.399 e. The molecular formula is C15H15N3S. The van der Waals surface area contributed by atoms with Gasteiger partial charge in [0.25, 0.3) is 0 Å². The maximum absolute atomic E-state index is 5.76. The molecule has 3 N–H and O–H groups in total. The highest BCUT2D eigenvalue weighted by atomic mass is 32.2. The van der Waals surface area contributed by atoms with E-state index in [-0.39, 0.29) is 0 Å². The Morgan fingerprint density at radius 3 is 2.84 bits per heavy atom. The monoisotopic (exact) mass is 269 g/mol. The van der Waals surface area contributed by atoms with E-state index in [4.69, 9.17) is 5.73 Å². The van der Waals surface area contributed by atoms with Gasteiger partial charge in [-0.3, -0.25) is 0 Å². The molecule has 2 aromatic carbocycles. The van der Waals surface area contributed by atoms with Crippen LogP contribution in [-0.4, -0.2) is 9.97 Å². The Bertz CT molecular complexity index is 685. The van der Waals surface area contributed by atoms with Gasteiger partial charge in [0.05, 0.1) is 16.8 Å². The molecule has 0 radical (unpaired) electrons. The minimum absolute atomic E-state index is 0.811. The lowest BCUT2D eigenvalue weighted by molar-refractivity contribution is 1.14. The third-order valence-electron chi connectivity index (χ3n) is 3.00. The Morgan fingerprint density at radius 2 is 2.05 bits per heavy atom. The summed E-state index contributed by atoms with van der Waals surface area (Å²) in [7, 11) is 0. The molecule has 0 aliphatic rings. The number of imidazole rings is 1. The van der Waals surface area contributed by atoms with Crippen LogP contribution in [-0.2, 0) is 5.75 Å². The largest absolute Gasteiger partial charge is 0.399 e. The lowest BCUT2D eigenvalue weighted by atomic mass is 10.2. The molecule has 0 fully saturated rings. The van der Waals surface area contributed by atoms with Crippen LogP contribution in [0.25, 0.3) is 11.0 Å². The third kappa shape index (κ3) is 2.58. The summed E-state index contributed by atoms with van der Waals surface area (Å²) in [6, 6.07) is 14.1. The number of thioether (sulfide) groups is 1. The summed E-state index contributed by atoms with van der Waals surface area (Å²) in [5, 5.41) is 0.